The lowest BCUT2D eigenvalue weighted by atomic mass is 9.96. The lowest BCUT2D eigenvalue weighted by Gasteiger charge is -2.11. The summed E-state index contributed by atoms with van der Waals surface area (Å²) in [5.41, 5.74) is 7.07. The van der Waals surface area contributed by atoms with E-state index >= 15 is 0 Å². The van der Waals surface area contributed by atoms with Crippen molar-refractivity contribution in [2.24, 2.45) is 0 Å². The van der Waals surface area contributed by atoms with Crippen LogP contribution in [0.15, 0.2) is 102 Å². The highest BCUT2D eigenvalue weighted by Gasteiger charge is 2.45. The third kappa shape index (κ3) is 9.42. The van der Waals surface area contributed by atoms with E-state index in [1.165, 1.54) is 5.56 Å². The predicted octanol–water partition coefficient (Wildman–Crippen LogP) is 12.2. The van der Waals surface area contributed by atoms with Gasteiger partial charge >= 0.3 is 20.0 Å². The first-order valence-electron chi connectivity index (χ1n) is 16.4. The summed E-state index contributed by atoms with van der Waals surface area (Å²) >= 11 is 20.2. The van der Waals surface area contributed by atoms with E-state index in [0.29, 0.717) is 63.7 Å². The molecule has 1 N–H and O–H groups in total. The van der Waals surface area contributed by atoms with Crippen LogP contribution in [-0.2, 0) is 39.9 Å². The van der Waals surface area contributed by atoms with E-state index in [0.717, 1.165) is 48.1 Å². The Morgan fingerprint density at radius 2 is 1.16 bits per heavy atom. The molecular weight excluding hydrogens is 1030 g/mol. The van der Waals surface area contributed by atoms with Crippen LogP contribution in [0.4, 0.5) is 26.3 Å². The molecule has 0 saturated heterocycles. The predicted molar refractivity (Wildman–Crippen MR) is 221 cm³/mol. The van der Waals surface area contributed by atoms with Gasteiger partial charge in [0.15, 0.2) is 0 Å². The smallest absolute Gasteiger partial charge is 0.540 e. The van der Waals surface area contributed by atoms with Gasteiger partial charge in [0, 0.05) is 46.6 Å². The van der Waals surface area contributed by atoms with Gasteiger partial charge in [0.05, 0.1) is 5.76 Å². The van der Waals surface area contributed by atoms with Crippen LogP contribution in [0.5, 0.6) is 0 Å². The second-order valence-corrected chi connectivity index (χ2v) is 16.8. The molecule has 1 radical (unpaired) electrons. The van der Waals surface area contributed by atoms with E-state index in [4.69, 9.17) is 32.9 Å². The van der Waals surface area contributed by atoms with Crippen molar-refractivity contribution in [3.05, 3.63) is 157 Å². The molecule has 0 unspecified atom stereocenters. The van der Waals surface area contributed by atoms with Crippen molar-refractivity contribution >= 4 is 120 Å². The fourth-order valence-electron chi connectivity index (χ4n) is 6.73. The number of carbonyl (C=O) groups excluding carboxylic acids is 2. The van der Waals surface area contributed by atoms with Gasteiger partial charge < -0.3 is 9.68 Å². The number of hydrogen-bond donors (Lipinski definition) is 1. The van der Waals surface area contributed by atoms with Crippen LogP contribution in [0.2, 0.25) is 10.0 Å². The molecule has 4 aromatic carbocycles. The molecule has 4 aliphatic rings. The molecule has 0 aromatic heterocycles. The maximum absolute atomic E-state index is 13.2. The maximum Gasteiger partial charge on any atom is 0.569 e. The number of carbonyl (C=O) groups is 2. The number of ketones is 2. The average molecular weight is 1050 g/mol. The molecule has 16 heteroatoms. The number of Topliss-reactive ketones (excluding diaryl/α,β-unsaturated/α-hetero) is 2. The second kappa shape index (κ2) is 17.0. The highest BCUT2D eigenvalue weighted by molar-refractivity contribution is 14.1. The molecule has 8 rings (SSSR count). The van der Waals surface area contributed by atoms with Crippen molar-refractivity contribution in [2.75, 3.05) is 0 Å². The number of allylic oxidation sites excluding steroid dienone is 6. The van der Waals surface area contributed by atoms with E-state index in [1.807, 2.05) is 36.4 Å². The third-order valence-corrected chi connectivity index (χ3v) is 11.5. The summed E-state index contributed by atoms with van der Waals surface area (Å²) < 4.78 is 83.9. The Hall–Kier alpha value is -3.15. The number of benzene rings is 4. The molecule has 0 fully saturated rings. The standard InChI is InChI=1S/C20H11BrClF3O.C11H5BrF3IO.C9H7BClO2/c21-14-2-4-16-13(7-14)9-17(18(16)19(26)20(23,24)25)12-5-10-1-3-15(22)8-11(10)6-12;12-6-1-2-7-5(3-6)4-8(16)9(7)10(17)11(13,14)15;11-8-2-1-6-4-9(13-10-12)5-7(6)3-8/h1-4,6-8H,5,9H2;1-3H,4H2;1-3,5,12H,4H2. The molecule has 0 amide bonds. The number of alkyl halides is 6. The summed E-state index contributed by atoms with van der Waals surface area (Å²) in [6.45, 7) is 0. The van der Waals surface area contributed by atoms with Crippen LogP contribution in [-0.4, -0.2) is 36.6 Å². The molecule has 0 aliphatic heterocycles. The molecule has 0 saturated carbocycles. The van der Waals surface area contributed by atoms with Gasteiger partial charge in [-0.1, -0.05) is 85.4 Å². The van der Waals surface area contributed by atoms with Gasteiger partial charge in [-0.25, -0.2) is 0 Å². The zero-order valence-electron chi connectivity index (χ0n) is 28.3. The quantitative estimate of drug-likeness (QED) is 0.123. The van der Waals surface area contributed by atoms with E-state index in [2.05, 4.69) is 31.9 Å². The van der Waals surface area contributed by atoms with Gasteiger partial charge in [-0.05, 0) is 146 Å². The zero-order valence-corrected chi connectivity index (χ0v) is 35.2. The molecule has 0 heterocycles. The Balaban J connectivity index is 0.000000153. The molecule has 4 nitrogen and oxygen atoms in total. The molecule has 0 bridgehead atoms. The Bertz CT molecular complexity index is 2420. The van der Waals surface area contributed by atoms with E-state index in [9.17, 15) is 35.9 Å². The van der Waals surface area contributed by atoms with Crippen molar-refractivity contribution in [2.45, 2.75) is 38.0 Å². The lowest BCUT2D eigenvalue weighted by molar-refractivity contribution is -0.164. The van der Waals surface area contributed by atoms with Crippen molar-refractivity contribution < 1.29 is 45.6 Å². The number of hydrogen-bond acceptors (Lipinski definition) is 4. The minimum atomic E-state index is -4.91. The van der Waals surface area contributed by atoms with Crippen LogP contribution in [0, 0.1) is 0 Å². The van der Waals surface area contributed by atoms with Gasteiger partial charge in [0.1, 0.15) is 0 Å². The summed E-state index contributed by atoms with van der Waals surface area (Å²) in [7, 11) is 0.694. The molecule has 0 spiro atoms. The van der Waals surface area contributed by atoms with Crippen LogP contribution in [0.3, 0.4) is 0 Å². The summed E-state index contributed by atoms with van der Waals surface area (Å²) in [5.74, 6) is -2.81. The van der Waals surface area contributed by atoms with Crippen LogP contribution < -0.4 is 0 Å². The highest BCUT2D eigenvalue weighted by atomic mass is 127. The summed E-state index contributed by atoms with van der Waals surface area (Å²) in [6.07, 6.45) is -4.14. The molecule has 4 aromatic rings. The Morgan fingerprint density at radius 1 is 0.661 bits per heavy atom. The molecule has 4 aliphatic carbocycles. The fraction of sp³-hybridized carbons (Fsp3) is 0.150. The third-order valence-electron chi connectivity index (χ3n) is 9.13. The normalized spacial score (nSPS) is 15.1. The van der Waals surface area contributed by atoms with Gasteiger partial charge in [-0.15, -0.1) is 0 Å². The Morgan fingerprint density at radius 3 is 1.71 bits per heavy atom. The highest BCUT2D eigenvalue weighted by Crippen LogP contribution is 2.45. The number of halogens is 11. The Kier molecular flexibility index (Phi) is 12.9. The number of fused-ring (bicyclic) bond motifs is 4. The van der Waals surface area contributed by atoms with Gasteiger partial charge in [-0.2, -0.15) is 26.3 Å². The molecule has 287 valence electrons. The molecular formula is C40H23BBr2Cl2F6IO4. The average Bonchev–Trinajstić information content (AvgIpc) is 3.88. The second-order valence-electron chi connectivity index (χ2n) is 12.8. The maximum atomic E-state index is 13.2. The number of rotatable bonds is 5. The van der Waals surface area contributed by atoms with Gasteiger partial charge in [-0.3, -0.25) is 9.59 Å². The van der Waals surface area contributed by atoms with Crippen LogP contribution in [0.25, 0.3) is 23.3 Å². The lowest BCUT2D eigenvalue weighted by Crippen LogP contribution is -2.24. The largest absolute Gasteiger partial charge is 0.569 e. The van der Waals surface area contributed by atoms with Gasteiger partial charge in [0.2, 0.25) is 0 Å². The summed E-state index contributed by atoms with van der Waals surface area (Å²) in [5, 5.41) is 9.73. The first kappa shape index (κ1) is 42.5. The van der Waals surface area contributed by atoms with Crippen molar-refractivity contribution in [3.63, 3.8) is 0 Å². The van der Waals surface area contributed by atoms with Crippen LogP contribution in [0.1, 0.15) is 44.5 Å². The monoisotopic (exact) mass is 1050 g/mol. The minimum absolute atomic E-state index is 0.208. The SMILES string of the molecule is O=C(C1=C(C2=Cc3cc(Cl)ccc3C2)Cc2cc(Br)ccc21)C(F)(F)F.O=C(C1=C(I)Cc2cc(Br)ccc21)C(F)(F)F.O[B]OC1=Cc2cc(Cl)ccc2C1. The first-order chi connectivity index (χ1) is 26.3. The van der Waals surface area contributed by atoms with E-state index in [1.54, 1.807) is 71.1 Å². The van der Waals surface area contributed by atoms with E-state index in [-0.39, 0.29) is 11.1 Å². The fourth-order valence-corrected chi connectivity index (χ4v) is 8.85. The van der Waals surface area contributed by atoms with Crippen LogP contribution >= 0.6 is 77.7 Å². The first-order valence-corrected chi connectivity index (χ1v) is 19.8. The minimum Gasteiger partial charge on any atom is -0.540 e. The van der Waals surface area contributed by atoms with Crippen molar-refractivity contribution in [3.8, 4) is 0 Å². The van der Waals surface area contributed by atoms with Crippen molar-refractivity contribution in [1.82, 2.24) is 0 Å². The summed E-state index contributed by atoms with van der Waals surface area (Å²) in [4.78, 5) is 23.5. The zero-order chi connectivity index (χ0) is 40.7. The topological polar surface area (TPSA) is 63.6 Å². The van der Waals surface area contributed by atoms with Gasteiger partial charge in [0.25, 0.3) is 11.6 Å². The summed E-state index contributed by atoms with van der Waals surface area (Å²) in [6, 6.07) is 21.0. The van der Waals surface area contributed by atoms with E-state index < -0.39 is 23.9 Å². The Labute approximate surface area is 358 Å². The molecule has 0 atom stereocenters. The van der Waals surface area contributed by atoms with Crippen molar-refractivity contribution in [1.29, 1.82) is 0 Å². The molecule has 56 heavy (non-hydrogen) atoms.